The predicted octanol–water partition coefficient (Wildman–Crippen LogP) is 2.84. The predicted molar refractivity (Wildman–Crippen MR) is 70.3 cm³/mol. The number of hydrogen-bond donors (Lipinski definition) is 2. The highest BCUT2D eigenvalue weighted by Crippen LogP contribution is 2.24. The second-order valence-electron chi connectivity index (χ2n) is 3.92. The van der Waals surface area contributed by atoms with Crippen molar-refractivity contribution in [2.24, 2.45) is 0 Å². The van der Waals surface area contributed by atoms with Crippen LogP contribution in [0.2, 0.25) is 0 Å². The van der Waals surface area contributed by atoms with Crippen molar-refractivity contribution in [3.05, 3.63) is 45.5 Å². The highest BCUT2D eigenvalue weighted by atomic mass is 79.9. The van der Waals surface area contributed by atoms with Gasteiger partial charge in [-0.1, -0.05) is 5.16 Å². The zero-order valence-electron chi connectivity index (χ0n) is 10.1. The van der Waals surface area contributed by atoms with E-state index in [1.807, 2.05) is 0 Å². The number of carbonyl (C=O) groups excluding carboxylic acids is 1. The van der Waals surface area contributed by atoms with E-state index in [1.54, 1.807) is 6.92 Å². The molecule has 104 valence electrons. The van der Waals surface area contributed by atoms with Gasteiger partial charge in [0.05, 0.1) is 4.47 Å². The van der Waals surface area contributed by atoms with Crippen molar-refractivity contribution in [1.29, 1.82) is 0 Å². The molecule has 1 aromatic heterocycles. The standard InChI is InChI=1S/C12H8BrFN2O4/c1-5-2-6(13)7(14)3-8(5)15-11(17)9-4-10(12(18)19)20-16-9/h2-4H,1H3,(H,15,17)(H,18,19). The van der Waals surface area contributed by atoms with E-state index in [0.717, 1.165) is 12.1 Å². The first-order valence-corrected chi connectivity index (χ1v) is 6.15. The fraction of sp³-hybridized carbons (Fsp3) is 0.0833. The van der Waals surface area contributed by atoms with Crippen molar-refractivity contribution in [2.75, 3.05) is 5.32 Å². The summed E-state index contributed by atoms with van der Waals surface area (Å²) in [6, 6.07) is 3.65. The minimum Gasteiger partial charge on any atom is -0.475 e. The lowest BCUT2D eigenvalue weighted by molar-refractivity contribution is 0.0651. The molecular weight excluding hydrogens is 335 g/mol. The molecule has 6 nitrogen and oxygen atoms in total. The Morgan fingerprint density at radius 2 is 2.10 bits per heavy atom. The molecule has 2 aromatic rings. The van der Waals surface area contributed by atoms with E-state index >= 15 is 0 Å². The molecule has 1 heterocycles. The van der Waals surface area contributed by atoms with Crippen LogP contribution in [0.3, 0.4) is 0 Å². The largest absolute Gasteiger partial charge is 0.475 e. The smallest absolute Gasteiger partial charge is 0.374 e. The Kier molecular flexibility index (Phi) is 3.84. The van der Waals surface area contributed by atoms with Gasteiger partial charge in [0, 0.05) is 11.8 Å². The van der Waals surface area contributed by atoms with Crippen molar-refractivity contribution in [1.82, 2.24) is 5.16 Å². The monoisotopic (exact) mass is 342 g/mol. The summed E-state index contributed by atoms with van der Waals surface area (Å²) in [4.78, 5) is 22.4. The Bertz CT molecular complexity index is 699. The van der Waals surface area contributed by atoms with Gasteiger partial charge in [-0.3, -0.25) is 4.79 Å². The van der Waals surface area contributed by atoms with Crippen LogP contribution < -0.4 is 5.32 Å². The summed E-state index contributed by atoms with van der Waals surface area (Å²) in [5, 5.41) is 14.4. The Morgan fingerprint density at radius 1 is 1.40 bits per heavy atom. The van der Waals surface area contributed by atoms with Gasteiger partial charge in [-0.25, -0.2) is 9.18 Å². The Morgan fingerprint density at radius 3 is 2.70 bits per heavy atom. The van der Waals surface area contributed by atoms with E-state index in [9.17, 15) is 14.0 Å². The number of benzene rings is 1. The lowest BCUT2D eigenvalue weighted by atomic mass is 10.2. The van der Waals surface area contributed by atoms with Crippen molar-refractivity contribution >= 4 is 33.5 Å². The summed E-state index contributed by atoms with van der Waals surface area (Å²) >= 11 is 3.03. The Hall–Kier alpha value is -2.22. The number of aryl methyl sites for hydroxylation is 1. The Balaban J connectivity index is 2.23. The van der Waals surface area contributed by atoms with Gasteiger partial charge in [-0.2, -0.15) is 0 Å². The van der Waals surface area contributed by atoms with Crippen LogP contribution in [0.4, 0.5) is 10.1 Å². The fourth-order valence-corrected chi connectivity index (χ4v) is 1.91. The zero-order chi connectivity index (χ0) is 14.9. The van der Waals surface area contributed by atoms with E-state index in [4.69, 9.17) is 5.11 Å². The third-order valence-electron chi connectivity index (χ3n) is 2.47. The second kappa shape index (κ2) is 5.41. The van der Waals surface area contributed by atoms with E-state index in [1.165, 1.54) is 6.07 Å². The zero-order valence-corrected chi connectivity index (χ0v) is 11.7. The maximum atomic E-state index is 13.4. The third kappa shape index (κ3) is 2.85. The summed E-state index contributed by atoms with van der Waals surface area (Å²) in [5.41, 5.74) is 0.689. The second-order valence-corrected chi connectivity index (χ2v) is 4.77. The number of anilines is 1. The molecule has 0 saturated heterocycles. The molecule has 20 heavy (non-hydrogen) atoms. The van der Waals surface area contributed by atoms with Gasteiger partial charge < -0.3 is 14.9 Å². The number of hydrogen-bond acceptors (Lipinski definition) is 4. The van der Waals surface area contributed by atoms with Gasteiger partial charge >= 0.3 is 5.97 Å². The highest BCUT2D eigenvalue weighted by Gasteiger charge is 2.17. The van der Waals surface area contributed by atoms with Crippen LogP contribution in [-0.2, 0) is 0 Å². The average molecular weight is 343 g/mol. The number of carboxylic acids is 1. The van der Waals surface area contributed by atoms with Gasteiger partial charge in [-0.15, -0.1) is 0 Å². The first kappa shape index (κ1) is 14.2. The molecule has 0 saturated carbocycles. The van der Waals surface area contributed by atoms with Crippen LogP contribution in [0.25, 0.3) is 0 Å². The SMILES string of the molecule is Cc1cc(Br)c(F)cc1NC(=O)c1cc(C(=O)O)on1. The van der Waals surface area contributed by atoms with Crippen molar-refractivity contribution in [2.45, 2.75) is 6.92 Å². The maximum Gasteiger partial charge on any atom is 0.374 e. The minimum absolute atomic E-state index is 0.204. The molecule has 0 aliphatic rings. The van der Waals surface area contributed by atoms with Gasteiger partial charge in [0.1, 0.15) is 5.82 Å². The van der Waals surface area contributed by atoms with E-state index in [2.05, 4.69) is 30.9 Å². The van der Waals surface area contributed by atoms with Crippen LogP contribution in [-0.4, -0.2) is 22.1 Å². The molecule has 1 amide bonds. The number of halogens is 2. The number of amides is 1. The van der Waals surface area contributed by atoms with Gasteiger partial charge in [0.25, 0.3) is 5.91 Å². The molecule has 0 atom stereocenters. The summed E-state index contributed by atoms with van der Waals surface area (Å²) in [6.45, 7) is 1.69. The van der Waals surface area contributed by atoms with Crippen LogP contribution in [0, 0.1) is 12.7 Å². The molecule has 0 aliphatic heterocycles. The first-order chi connectivity index (χ1) is 9.38. The molecule has 0 aliphatic carbocycles. The average Bonchev–Trinajstić information content (AvgIpc) is 2.85. The van der Waals surface area contributed by atoms with E-state index in [0.29, 0.717) is 5.56 Å². The third-order valence-corrected chi connectivity index (χ3v) is 3.08. The summed E-state index contributed by atoms with van der Waals surface area (Å²) in [5.74, 6) is -3.00. The Labute approximate surface area is 120 Å². The summed E-state index contributed by atoms with van der Waals surface area (Å²) < 4.78 is 18.2. The van der Waals surface area contributed by atoms with Crippen LogP contribution >= 0.6 is 15.9 Å². The van der Waals surface area contributed by atoms with Crippen LogP contribution in [0.5, 0.6) is 0 Å². The molecule has 2 N–H and O–H groups in total. The lowest BCUT2D eigenvalue weighted by Crippen LogP contribution is -2.13. The topological polar surface area (TPSA) is 92.4 Å². The number of aromatic nitrogens is 1. The lowest BCUT2D eigenvalue weighted by Gasteiger charge is -2.07. The number of rotatable bonds is 3. The molecule has 8 heteroatoms. The molecule has 1 aromatic carbocycles. The molecule has 0 fully saturated rings. The number of nitrogens with one attached hydrogen (secondary N) is 1. The van der Waals surface area contributed by atoms with Crippen LogP contribution in [0.1, 0.15) is 26.6 Å². The van der Waals surface area contributed by atoms with E-state index in [-0.39, 0.29) is 15.9 Å². The number of carboxylic acid groups (broad SMARTS) is 1. The quantitative estimate of drug-likeness (QED) is 0.894. The van der Waals surface area contributed by atoms with Gasteiger partial charge in [0.2, 0.25) is 5.76 Å². The fourth-order valence-electron chi connectivity index (χ4n) is 1.45. The first-order valence-electron chi connectivity index (χ1n) is 5.35. The van der Waals surface area contributed by atoms with Crippen LogP contribution in [0.15, 0.2) is 27.2 Å². The summed E-state index contributed by atoms with van der Waals surface area (Å²) in [6.07, 6.45) is 0. The highest BCUT2D eigenvalue weighted by molar-refractivity contribution is 9.10. The molecular formula is C12H8BrFN2O4. The van der Waals surface area contributed by atoms with Crippen molar-refractivity contribution in [3.8, 4) is 0 Å². The van der Waals surface area contributed by atoms with E-state index < -0.39 is 23.5 Å². The maximum absolute atomic E-state index is 13.4. The number of nitrogens with zero attached hydrogens (tertiary/aromatic N) is 1. The van der Waals surface area contributed by atoms with Crippen molar-refractivity contribution < 1.29 is 23.6 Å². The molecule has 0 unspecified atom stereocenters. The summed E-state index contributed by atoms with van der Waals surface area (Å²) in [7, 11) is 0. The molecule has 2 rings (SSSR count). The van der Waals surface area contributed by atoms with Gasteiger partial charge in [0.15, 0.2) is 5.69 Å². The minimum atomic E-state index is -1.33. The normalized spacial score (nSPS) is 10.3. The van der Waals surface area contributed by atoms with Gasteiger partial charge in [-0.05, 0) is 40.5 Å². The molecule has 0 bridgehead atoms. The number of aromatic carboxylic acids is 1. The number of carbonyl (C=O) groups is 2. The van der Waals surface area contributed by atoms with Crippen molar-refractivity contribution in [3.63, 3.8) is 0 Å². The molecule has 0 radical (unpaired) electrons. The molecule has 0 spiro atoms.